The third kappa shape index (κ3) is 1.56. The number of benzene rings is 3. The van der Waals surface area contributed by atoms with Gasteiger partial charge in [-0.3, -0.25) is 0 Å². The van der Waals surface area contributed by atoms with Crippen molar-refractivity contribution in [2.24, 2.45) is 0 Å². The molecule has 4 rings (SSSR count). The molecule has 1 aliphatic rings. The van der Waals surface area contributed by atoms with E-state index >= 15 is 0 Å². The van der Waals surface area contributed by atoms with E-state index in [9.17, 15) is 0 Å². The van der Waals surface area contributed by atoms with E-state index in [1.54, 1.807) is 0 Å². The van der Waals surface area contributed by atoms with Crippen LogP contribution >= 0.6 is 0 Å². The monoisotopic (exact) mass is 260 g/mol. The van der Waals surface area contributed by atoms with Crippen molar-refractivity contribution in [3.8, 4) is 16.9 Å². The molecule has 1 nitrogen and oxygen atoms in total. The Hall–Kier alpha value is -2.28. The van der Waals surface area contributed by atoms with Crippen molar-refractivity contribution in [3.63, 3.8) is 0 Å². The first-order chi connectivity index (χ1) is 9.74. The Morgan fingerprint density at radius 2 is 1.75 bits per heavy atom. The second-order valence-electron chi connectivity index (χ2n) is 5.56. The van der Waals surface area contributed by atoms with Crippen molar-refractivity contribution in [1.82, 2.24) is 0 Å². The quantitative estimate of drug-likeness (QED) is 0.551. The van der Waals surface area contributed by atoms with Crippen molar-refractivity contribution in [1.29, 1.82) is 0 Å². The van der Waals surface area contributed by atoms with Crippen molar-refractivity contribution in [2.45, 2.75) is 20.5 Å². The van der Waals surface area contributed by atoms with Gasteiger partial charge in [0.15, 0.2) is 0 Å². The average Bonchev–Trinajstić information content (AvgIpc) is 2.46. The summed E-state index contributed by atoms with van der Waals surface area (Å²) in [6.45, 7) is 4.96. The molecule has 1 aliphatic heterocycles. The number of hydrogen-bond donors (Lipinski definition) is 0. The lowest BCUT2D eigenvalue weighted by atomic mass is 9.88. The Labute approximate surface area is 118 Å². The van der Waals surface area contributed by atoms with Gasteiger partial charge in [0.2, 0.25) is 0 Å². The molecule has 0 spiro atoms. The Bertz CT molecular complexity index is 831. The van der Waals surface area contributed by atoms with Crippen molar-refractivity contribution in [3.05, 3.63) is 65.2 Å². The number of rotatable bonds is 0. The lowest BCUT2D eigenvalue weighted by Gasteiger charge is -2.24. The van der Waals surface area contributed by atoms with Gasteiger partial charge in [0, 0.05) is 11.1 Å². The molecule has 0 radical (unpaired) electrons. The van der Waals surface area contributed by atoms with Gasteiger partial charge in [-0.25, -0.2) is 0 Å². The molecule has 0 bridgehead atoms. The Balaban J connectivity index is 2.15. The lowest BCUT2D eigenvalue weighted by Crippen LogP contribution is -2.07. The van der Waals surface area contributed by atoms with Crippen LogP contribution in [-0.2, 0) is 6.61 Å². The SMILES string of the molecule is Cc1cc(C)c2c(c1)OCc1ccc3ccccc3c1-2. The fourth-order valence-corrected chi connectivity index (χ4v) is 3.25. The van der Waals surface area contributed by atoms with Gasteiger partial charge in [-0.2, -0.15) is 0 Å². The van der Waals surface area contributed by atoms with Crippen LogP contribution < -0.4 is 4.74 Å². The predicted octanol–water partition coefficient (Wildman–Crippen LogP) is 5.02. The van der Waals surface area contributed by atoms with Gasteiger partial charge in [-0.1, -0.05) is 42.5 Å². The van der Waals surface area contributed by atoms with Gasteiger partial charge >= 0.3 is 0 Å². The lowest BCUT2D eigenvalue weighted by molar-refractivity contribution is 0.302. The second kappa shape index (κ2) is 4.11. The third-order valence-electron chi connectivity index (χ3n) is 4.09. The van der Waals surface area contributed by atoms with E-state index < -0.39 is 0 Å². The maximum absolute atomic E-state index is 5.96. The van der Waals surface area contributed by atoms with E-state index in [1.807, 2.05) is 0 Å². The van der Waals surface area contributed by atoms with Gasteiger partial charge < -0.3 is 4.74 Å². The van der Waals surface area contributed by atoms with Crippen molar-refractivity contribution < 1.29 is 4.74 Å². The van der Waals surface area contributed by atoms with Crippen LogP contribution in [0.2, 0.25) is 0 Å². The molecule has 0 atom stereocenters. The first-order valence-corrected chi connectivity index (χ1v) is 6.99. The van der Waals surface area contributed by atoms with E-state index in [4.69, 9.17) is 4.74 Å². The summed E-state index contributed by atoms with van der Waals surface area (Å²) in [6, 6.07) is 17.4. The molecule has 3 aromatic rings. The maximum atomic E-state index is 5.96. The molecule has 1 heterocycles. The predicted molar refractivity (Wildman–Crippen MR) is 83.2 cm³/mol. The summed E-state index contributed by atoms with van der Waals surface area (Å²) < 4.78 is 5.96. The van der Waals surface area contributed by atoms with Crippen LogP contribution in [0, 0.1) is 13.8 Å². The first kappa shape index (κ1) is 11.5. The first-order valence-electron chi connectivity index (χ1n) is 6.99. The van der Waals surface area contributed by atoms with Gasteiger partial charge in [0.05, 0.1) is 0 Å². The molecule has 1 heteroatoms. The molecular weight excluding hydrogens is 244 g/mol. The minimum Gasteiger partial charge on any atom is -0.488 e. The van der Waals surface area contributed by atoms with E-state index in [2.05, 4.69) is 62.4 Å². The van der Waals surface area contributed by atoms with Crippen LogP contribution in [0.4, 0.5) is 0 Å². The van der Waals surface area contributed by atoms with E-state index in [0.717, 1.165) is 5.75 Å². The summed E-state index contributed by atoms with van der Waals surface area (Å²) in [6.07, 6.45) is 0. The number of aryl methyl sites for hydroxylation is 2. The fourth-order valence-electron chi connectivity index (χ4n) is 3.25. The molecular formula is C19H16O. The minimum atomic E-state index is 0.663. The van der Waals surface area contributed by atoms with E-state index in [0.29, 0.717) is 6.61 Å². The van der Waals surface area contributed by atoms with Crippen LogP contribution in [0.5, 0.6) is 5.75 Å². The van der Waals surface area contributed by atoms with Crippen molar-refractivity contribution in [2.75, 3.05) is 0 Å². The number of hydrogen-bond acceptors (Lipinski definition) is 1. The standard InChI is InChI=1S/C19H16O/c1-12-9-13(2)18-17(10-12)20-11-15-8-7-14-5-3-4-6-16(14)19(15)18/h3-10H,11H2,1-2H3. The van der Waals surface area contributed by atoms with Crippen LogP contribution in [0.3, 0.4) is 0 Å². The molecule has 0 unspecified atom stereocenters. The van der Waals surface area contributed by atoms with E-state index in [1.165, 1.54) is 38.6 Å². The molecule has 0 aromatic heterocycles. The van der Waals surface area contributed by atoms with Crippen molar-refractivity contribution >= 4 is 10.8 Å². The number of ether oxygens (including phenoxy) is 1. The van der Waals surface area contributed by atoms with Gasteiger partial charge in [-0.05, 0) is 47.4 Å². The fraction of sp³-hybridized carbons (Fsp3) is 0.158. The molecule has 0 amide bonds. The highest BCUT2D eigenvalue weighted by molar-refractivity contribution is 6.01. The average molecular weight is 260 g/mol. The van der Waals surface area contributed by atoms with E-state index in [-0.39, 0.29) is 0 Å². The van der Waals surface area contributed by atoms with Gasteiger partial charge in [-0.15, -0.1) is 0 Å². The highest BCUT2D eigenvalue weighted by Crippen LogP contribution is 2.43. The second-order valence-corrected chi connectivity index (χ2v) is 5.56. The summed E-state index contributed by atoms with van der Waals surface area (Å²) in [5, 5.41) is 2.61. The van der Waals surface area contributed by atoms with Gasteiger partial charge in [0.25, 0.3) is 0 Å². The van der Waals surface area contributed by atoms with Crippen LogP contribution in [0.15, 0.2) is 48.5 Å². The normalized spacial score (nSPS) is 12.7. The molecule has 0 aliphatic carbocycles. The zero-order valence-electron chi connectivity index (χ0n) is 11.7. The Morgan fingerprint density at radius 1 is 0.900 bits per heavy atom. The zero-order valence-corrected chi connectivity index (χ0v) is 11.7. The zero-order chi connectivity index (χ0) is 13.7. The third-order valence-corrected chi connectivity index (χ3v) is 4.09. The molecule has 20 heavy (non-hydrogen) atoms. The van der Waals surface area contributed by atoms with Crippen LogP contribution in [0.1, 0.15) is 16.7 Å². The molecule has 98 valence electrons. The summed E-state index contributed by atoms with van der Waals surface area (Å²) in [7, 11) is 0. The molecule has 0 N–H and O–H groups in total. The van der Waals surface area contributed by atoms with Gasteiger partial charge in [0.1, 0.15) is 12.4 Å². The highest BCUT2D eigenvalue weighted by atomic mass is 16.5. The molecule has 0 fully saturated rings. The number of fused-ring (bicyclic) bond motifs is 5. The topological polar surface area (TPSA) is 9.23 Å². The summed E-state index contributed by atoms with van der Waals surface area (Å²) in [4.78, 5) is 0. The highest BCUT2D eigenvalue weighted by Gasteiger charge is 2.21. The smallest absolute Gasteiger partial charge is 0.128 e. The summed E-state index contributed by atoms with van der Waals surface area (Å²) >= 11 is 0. The molecule has 0 saturated carbocycles. The molecule has 0 saturated heterocycles. The Kier molecular flexibility index (Phi) is 2.37. The minimum absolute atomic E-state index is 0.663. The molecule has 3 aromatic carbocycles. The largest absolute Gasteiger partial charge is 0.488 e. The Morgan fingerprint density at radius 3 is 2.65 bits per heavy atom. The summed E-state index contributed by atoms with van der Waals surface area (Å²) in [5.41, 5.74) is 6.43. The van der Waals surface area contributed by atoms with Crippen LogP contribution in [0.25, 0.3) is 21.9 Å². The summed E-state index contributed by atoms with van der Waals surface area (Å²) in [5.74, 6) is 1.02. The van der Waals surface area contributed by atoms with Crippen LogP contribution in [-0.4, -0.2) is 0 Å². The maximum Gasteiger partial charge on any atom is 0.128 e.